The van der Waals surface area contributed by atoms with Gasteiger partial charge in [-0.25, -0.2) is 4.79 Å². The van der Waals surface area contributed by atoms with Gasteiger partial charge in [0.15, 0.2) is 0 Å². The number of amides is 1. The van der Waals surface area contributed by atoms with Crippen LogP contribution in [0.15, 0.2) is 36.4 Å². The van der Waals surface area contributed by atoms with Crippen LogP contribution in [0.5, 0.6) is 0 Å². The lowest BCUT2D eigenvalue weighted by Crippen LogP contribution is -2.27. The molecule has 1 amide bonds. The fraction of sp³-hybridized carbons (Fsp3) is 0.250. The van der Waals surface area contributed by atoms with Gasteiger partial charge in [0.1, 0.15) is 4.88 Å². The molecule has 0 fully saturated rings. The van der Waals surface area contributed by atoms with Crippen LogP contribution in [0, 0.1) is 6.92 Å². The van der Waals surface area contributed by atoms with Crippen LogP contribution in [0.3, 0.4) is 0 Å². The molecule has 0 spiro atoms. The lowest BCUT2D eigenvalue weighted by molar-refractivity contribution is 0.0702. The maximum Gasteiger partial charge on any atom is 0.345 e. The van der Waals surface area contributed by atoms with E-state index < -0.39 is 5.97 Å². The molecule has 4 nitrogen and oxygen atoms in total. The molecule has 2 N–H and O–H groups in total. The number of thiophene rings is 1. The molecule has 0 saturated heterocycles. The summed E-state index contributed by atoms with van der Waals surface area (Å²) >= 11 is 0.988. The van der Waals surface area contributed by atoms with Crippen molar-refractivity contribution >= 4 is 23.2 Å². The number of aromatic carboxylic acids is 1. The normalized spacial score (nSPS) is 11.9. The quantitative estimate of drug-likeness (QED) is 0.886. The third-order valence-electron chi connectivity index (χ3n) is 3.23. The highest BCUT2D eigenvalue weighted by molar-refractivity contribution is 7.15. The Morgan fingerprint density at radius 3 is 2.29 bits per heavy atom. The van der Waals surface area contributed by atoms with Gasteiger partial charge in [-0.1, -0.05) is 36.8 Å². The molecule has 0 bridgehead atoms. The largest absolute Gasteiger partial charge is 0.477 e. The monoisotopic (exact) mass is 303 g/mol. The van der Waals surface area contributed by atoms with E-state index in [1.54, 1.807) is 6.07 Å². The summed E-state index contributed by atoms with van der Waals surface area (Å²) in [5, 5.41) is 11.8. The third-order valence-corrected chi connectivity index (χ3v) is 4.31. The molecule has 1 heterocycles. The number of carboxylic acid groups (broad SMARTS) is 1. The number of nitrogens with one attached hydrogen (secondary N) is 1. The minimum Gasteiger partial charge on any atom is -0.477 e. The molecule has 0 aliphatic carbocycles. The van der Waals surface area contributed by atoms with Gasteiger partial charge in [-0.05, 0) is 31.0 Å². The van der Waals surface area contributed by atoms with Crippen LogP contribution in [-0.4, -0.2) is 17.0 Å². The van der Waals surface area contributed by atoms with E-state index >= 15 is 0 Å². The van der Waals surface area contributed by atoms with Gasteiger partial charge in [0, 0.05) is 0 Å². The van der Waals surface area contributed by atoms with E-state index in [1.807, 2.05) is 38.1 Å². The Bertz CT molecular complexity index is 646. The van der Waals surface area contributed by atoms with Gasteiger partial charge >= 0.3 is 5.97 Å². The van der Waals surface area contributed by atoms with E-state index in [0.29, 0.717) is 4.88 Å². The van der Waals surface area contributed by atoms with Crippen molar-refractivity contribution in [3.05, 3.63) is 57.3 Å². The highest BCUT2D eigenvalue weighted by Gasteiger charge is 2.17. The first-order valence-corrected chi connectivity index (χ1v) is 7.53. The number of aryl methyl sites for hydroxylation is 1. The van der Waals surface area contributed by atoms with Crippen LogP contribution in [0.4, 0.5) is 0 Å². The van der Waals surface area contributed by atoms with Gasteiger partial charge < -0.3 is 10.4 Å². The number of carboxylic acids is 1. The van der Waals surface area contributed by atoms with E-state index in [1.165, 1.54) is 11.6 Å². The summed E-state index contributed by atoms with van der Waals surface area (Å²) in [7, 11) is 0. The molecule has 21 heavy (non-hydrogen) atoms. The summed E-state index contributed by atoms with van der Waals surface area (Å²) in [6.45, 7) is 4.02. The van der Waals surface area contributed by atoms with Crippen molar-refractivity contribution in [2.75, 3.05) is 0 Å². The summed E-state index contributed by atoms with van der Waals surface area (Å²) < 4.78 is 0. The van der Waals surface area contributed by atoms with Crippen molar-refractivity contribution in [3.8, 4) is 0 Å². The highest BCUT2D eigenvalue weighted by atomic mass is 32.1. The minimum absolute atomic E-state index is 0.0755. The van der Waals surface area contributed by atoms with Gasteiger partial charge in [-0.2, -0.15) is 0 Å². The Labute approximate surface area is 127 Å². The average Bonchev–Trinajstić information content (AvgIpc) is 2.96. The number of carbonyl (C=O) groups is 2. The molecular weight excluding hydrogens is 286 g/mol. The maximum absolute atomic E-state index is 12.2. The molecule has 0 saturated carbocycles. The second kappa shape index (κ2) is 6.54. The molecule has 1 atom stereocenters. The van der Waals surface area contributed by atoms with Crippen molar-refractivity contribution in [3.63, 3.8) is 0 Å². The smallest absolute Gasteiger partial charge is 0.345 e. The molecule has 0 radical (unpaired) electrons. The first-order chi connectivity index (χ1) is 10.0. The molecule has 5 heteroatoms. The lowest BCUT2D eigenvalue weighted by Gasteiger charge is -2.17. The van der Waals surface area contributed by atoms with Crippen molar-refractivity contribution in [2.45, 2.75) is 26.3 Å². The number of rotatable bonds is 5. The van der Waals surface area contributed by atoms with Gasteiger partial charge in [0.2, 0.25) is 0 Å². The van der Waals surface area contributed by atoms with E-state index in [4.69, 9.17) is 5.11 Å². The second-order valence-corrected chi connectivity index (χ2v) is 5.90. The Morgan fingerprint density at radius 2 is 1.76 bits per heavy atom. The Kier molecular flexibility index (Phi) is 4.75. The summed E-state index contributed by atoms with van der Waals surface area (Å²) in [4.78, 5) is 23.6. The summed E-state index contributed by atoms with van der Waals surface area (Å²) in [5.74, 6) is -1.25. The van der Waals surface area contributed by atoms with E-state index in [2.05, 4.69) is 5.32 Å². The molecule has 1 unspecified atom stereocenters. The van der Waals surface area contributed by atoms with Crippen LogP contribution in [-0.2, 0) is 0 Å². The van der Waals surface area contributed by atoms with Crippen molar-refractivity contribution in [1.82, 2.24) is 5.32 Å². The molecule has 1 aromatic carbocycles. The molecule has 0 aliphatic heterocycles. The van der Waals surface area contributed by atoms with Gasteiger partial charge in [-0.3, -0.25) is 4.79 Å². The molecule has 0 aliphatic rings. The van der Waals surface area contributed by atoms with E-state index in [9.17, 15) is 9.59 Å². The molecule has 110 valence electrons. The third kappa shape index (κ3) is 3.70. The average molecular weight is 303 g/mol. The van der Waals surface area contributed by atoms with Crippen LogP contribution >= 0.6 is 11.3 Å². The Hall–Kier alpha value is -2.14. The second-order valence-electron chi connectivity index (χ2n) is 4.81. The Balaban J connectivity index is 2.12. The first-order valence-electron chi connectivity index (χ1n) is 6.71. The number of hydrogen-bond acceptors (Lipinski definition) is 3. The summed E-state index contributed by atoms with van der Waals surface area (Å²) in [5.41, 5.74) is 2.22. The zero-order chi connectivity index (χ0) is 15.4. The predicted octanol–water partition coefficient (Wildman–Crippen LogP) is 3.64. The number of hydrogen-bond donors (Lipinski definition) is 2. The predicted molar refractivity (Wildman–Crippen MR) is 83.0 cm³/mol. The first kappa shape index (κ1) is 15.3. The molecule has 1 aromatic heterocycles. The van der Waals surface area contributed by atoms with Crippen LogP contribution in [0.25, 0.3) is 0 Å². The van der Waals surface area contributed by atoms with Gasteiger partial charge in [0.05, 0.1) is 10.9 Å². The lowest BCUT2D eigenvalue weighted by atomic mass is 10.0. The fourth-order valence-corrected chi connectivity index (χ4v) is 2.77. The van der Waals surface area contributed by atoms with Gasteiger partial charge in [-0.15, -0.1) is 11.3 Å². The molecular formula is C16H17NO3S. The van der Waals surface area contributed by atoms with E-state index in [0.717, 1.165) is 23.3 Å². The van der Waals surface area contributed by atoms with Crippen LogP contribution in [0.2, 0.25) is 0 Å². The molecule has 2 rings (SSSR count). The summed E-state index contributed by atoms with van der Waals surface area (Å²) in [6.07, 6.45) is 0.770. The highest BCUT2D eigenvalue weighted by Crippen LogP contribution is 2.21. The van der Waals surface area contributed by atoms with Crippen molar-refractivity contribution in [2.24, 2.45) is 0 Å². The number of benzene rings is 1. The number of carbonyl (C=O) groups excluding carboxylic acids is 1. The maximum atomic E-state index is 12.2. The topological polar surface area (TPSA) is 66.4 Å². The zero-order valence-electron chi connectivity index (χ0n) is 11.9. The SMILES string of the molecule is CCC(NC(=O)c1ccc(C(=O)O)s1)c1ccc(C)cc1. The van der Waals surface area contributed by atoms with Crippen molar-refractivity contribution < 1.29 is 14.7 Å². The van der Waals surface area contributed by atoms with Crippen molar-refractivity contribution in [1.29, 1.82) is 0 Å². The Morgan fingerprint density at radius 1 is 1.14 bits per heavy atom. The minimum atomic E-state index is -1.01. The summed E-state index contributed by atoms with van der Waals surface area (Å²) in [6, 6.07) is 10.9. The van der Waals surface area contributed by atoms with Crippen LogP contribution < -0.4 is 5.32 Å². The van der Waals surface area contributed by atoms with E-state index in [-0.39, 0.29) is 16.8 Å². The van der Waals surface area contributed by atoms with Crippen LogP contribution in [0.1, 0.15) is 49.9 Å². The zero-order valence-corrected chi connectivity index (χ0v) is 12.7. The fourth-order valence-electron chi connectivity index (χ4n) is 2.02. The van der Waals surface area contributed by atoms with Gasteiger partial charge in [0.25, 0.3) is 5.91 Å². The molecule has 2 aromatic rings. The standard InChI is InChI=1S/C16H17NO3S/c1-3-12(11-6-4-10(2)5-7-11)17-15(18)13-8-9-14(21-13)16(19)20/h4-9,12H,3H2,1-2H3,(H,17,18)(H,19,20).